The Kier molecular flexibility index (Phi) is 4.68. The zero-order valence-corrected chi connectivity index (χ0v) is 16.7. The Hall–Kier alpha value is -3.49. The van der Waals surface area contributed by atoms with Gasteiger partial charge in [0.05, 0.1) is 34.4 Å². The number of rotatable bonds is 5. The summed E-state index contributed by atoms with van der Waals surface area (Å²) in [6.07, 6.45) is 0. The molecular formula is C21H19FO8. The monoisotopic (exact) mass is 418 g/mol. The van der Waals surface area contributed by atoms with Crippen LogP contribution in [0.5, 0.6) is 28.7 Å². The van der Waals surface area contributed by atoms with Gasteiger partial charge in [0.2, 0.25) is 12.6 Å². The molecular weight excluding hydrogens is 399 g/mol. The van der Waals surface area contributed by atoms with Crippen molar-refractivity contribution in [3.8, 4) is 28.7 Å². The number of hydrogen-bond donors (Lipinski definition) is 0. The first-order valence-electron chi connectivity index (χ1n) is 8.96. The normalized spacial score (nSPS) is 21.2. The molecule has 0 bridgehead atoms. The summed E-state index contributed by atoms with van der Waals surface area (Å²) in [5.41, 5.74) is -2.64. The maximum absolute atomic E-state index is 16.4. The van der Waals surface area contributed by atoms with Gasteiger partial charge in [0.15, 0.2) is 11.5 Å². The lowest BCUT2D eigenvalue weighted by molar-refractivity contribution is -0.151. The summed E-state index contributed by atoms with van der Waals surface area (Å²) in [5.74, 6) is -2.37. The zero-order valence-electron chi connectivity index (χ0n) is 16.7. The van der Waals surface area contributed by atoms with Crippen LogP contribution >= 0.6 is 0 Å². The molecule has 2 aromatic rings. The fourth-order valence-electron chi connectivity index (χ4n) is 3.97. The van der Waals surface area contributed by atoms with Gasteiger partial charge in [-0.3, -0.25) is 4.79 Å². The molecule has 1 aliphatic heterocycles. The van der Waals surface area contributed by atoms with Gasteiger partial charge in [-0.1, -0.05) is 0 Å². The maximum atomic E-state index is 16.4. The van der Waals surface area contributed by atoms with Gasteiger partial charge in [0.1, 0.15) is 17.2 Å². The molecule has 0 spiro atoms. The number of methoxy groups -OCH3 is 4. The van der Waals surface area contributed by atoms with E-state index < -0.39 is 23.3 Å². The van der Waals surface area contributed by atoms with Crippen molar-refractivity contribution in [3.63, 3.8) is 0 Å². The first kappa shape index (κ1) is 19.8. The second kappa shape index (κ2) is 7.08. The van der Waals surface area contributed by atoms with E-state index in [1.165, 1.54) is 45.6 Å². The fourth-order valence-corrected chi connectivity index (χ4v) is 3.97. The van der Waals surface area contributed by atoms with Gasteiger partial charge in [0, 0.05) is 23.3 Å². The molecule has 0 aromatic heterocycles. The number of carbonyl (C=O) groups is 2. The molecule has 0 unspecified atom stereocenters. The number of benzene rings is 2. The van der Waals surface area contributed by atoms with E-state index in [1.807, 2.05) is 0 Å². The highest BCUT2D eigenvalue weighted by Crippen LogP contribution is 2.55. The number of Topliss-reactive ketones (excluding diaryl/α,β-unsaturated/α-hetero) is 1. The van der Waals surface area contributed by atoms with Gasteiger partial charge >= 0.3 is 5.97 Å². The Labute approximate surface area is 171 Å². The topological polar surface area (TPSA) is 89.5 Å². The van der Waals surface area contributed by atoms with Gasteiger partial charge < -0.3 is 28.4 Å². The summed E-state index contributed by atoms with van der Waals surface area (Å²) in [4.78, 5) is 25.7. The predicted octanol–water partition coefficient (Wildman–Crippen LogP) is 2.65. The van der Waals surface area contributed by atoms with Gasteiger partial charge in [-0.25, -0.2) is 9.18 Å². The molecule has 158 valence electrons. The highest BCUT2D eigenvalue weighted by molar-refractivity contribution is 6.21. The summed E-state index contributed by atoms with van der Waals surface area (Å²) in [6.45, 7) is -0.0238. The summed E-state index contributed by atoms with van der Waals surface area (Å²) < 4.78 is 47.9. The van der Waals surface area contributed by atoms with E-state index in [9.17, 15) is 9.59 Å². The Morgan fingerprint density at radius 2 is 1.60 bits per heavy atom. The van der Waals surface area contributed by atoms with Crippen LogP contribution in [0.2, 0.25) is 0 Å². The minimum absolute atomic E-state index is 0.00271. The van der Waals surface area contributed by atoms with Crippen molar-refractivity contribution >= 4 is 11.8 Å². The van der Waals surface area contributed by atoms with E-state index >= 15 is 4.39 Å². The van der Waals surface area contributed by atoms with E-state index in [0.717, 1.165) is 7.11 Å². The van der Waals surface area contributed by atoms with Gasteiger partial charge in [0.25, 0.3) is 5.67 Å². The van der Waals surface area contributed by atoms with Crippen LogP contribution in [0.3, 0.4) is 0 Å². The van der Waals surface area contributed by atoms with E-state index in [2.05, 4.69) is 4.74 Å². The van der Waals surface area contributed by atoms with E-state index in [4.69, 9.17) is 23.7 Å². The molecule has 0 N–H and O–H groups in total. The molecule has 2 aliphatic rings. The first-order valence-corrected chi connectivity index (χ1v) is 8.96. The number of alkyl halides is 1. The molecule has 0 fully saturated rings. The van der Waals surface area contributed by atoms with Crippen molar-refractivity contribution in [1.29, 1.82) is 0 Å². The van der Waals surface area contributed by atoms with Crippen LogP contribution in [-0.4, -0.2) is 52.7 Å². The molecule has 1 aliphatic carbocycles. The smallest absolute Gasteiger partial charge is 0.352 e. The van der Waals surface area contributed by atoms with Crippen molar-refractivity contribution in [2.75, 3.05) is 35.2 Å². The zero-order chi connectivity index (χ0) is 21.6. The number of ketones is 1. The highest BCUT2D eigenvalue weighted by Gasteiger charge is 2.63. The van der Waals surface area contributed by atoms with Crippen LogP contribution in [0.1, 0.15) is 27.4 Å². The average molecular weight is 418 g/mol. The molecule has 0 saturated heterocycles. The maximum Gasteiger partial charge on any atom is 0.352 e. The number of fused-ring (bicyclic) bond motifs is 2. The summed E-state index contributed by atoms with van der Waals surface area (Å²) in [6, 6.07) is 5.91. The number of hydrogen-bond acceptors (Lipinski definition) is 8. The fraction of sp³-hybridized carbons (Fsp3) is 0.333. The van der Waals surface area contributed by atoms with Gasteiger partial charge in [-0.15, -0.1) is 0 Å². The largest absolute Gasteiger partial charge is 0.496 e. The Balaban J connectivity index is 2.05. The lowest BCUT2D eigenvalue weighted by atomic mass is 9.82. The highest BCUT2D eigenvalue weighted by atomic mass is 19.1. The summed E-state index contributed by atoms with van der Waals surface area (Å²) in [7, 11) is 5.24. The minimum atomic E-state index is -3.04. The van der Waals surface area contributed by atoms with Crippen LogP contribution in [0.25, 0.3) is 0 Å². The number of esters is 1. The van der Waals surface area contributed by atoms with Crippen LogP contribution in [0, 0.1) is 0 Å². The third-order valence-electron chi connectivity index (χ3n) is 5.35. The molecule has 30 heavy (non-hydrogen) atoms. The minimum Gasteiger partial charge on any atom is -0.496 e. The number of carbonyl (C=O) groups excluding carboxylic acids is 2. The predicted molar refractivity (Wildman–Crippen MR) is 101 cm³/mol. The molecule has 2 atom stereocenters. The second-order valence-corrected chi connectivity index (χ2v) is 6.70. The van der Waals surface area contributed by atoms with Crippen LogP contribution < -0.4 is 23.7 Å². The summed E-state index contributed by atoms with van der Waals surface area (Å²) in [5, 5.41) is 0. The average Bonchev–Trinajstić information content (AvgIpc) is 3.31. The molecule has 4 rings (SSSR count). The molecule has 8 nitrogen and oxygen atoms in total. The lowest BCUT2D eigenvalue weighted by Gasteiger charge is -2.27. The standard InChI is InChI=1S/C21H19FO8/c1-25-10-5-15(26-2)17(16(6-10)27-3)18-11-7-13-14(30-9-29-13)8-12(11)19(23)21(18,22)20(24)28-4/h5-8,18H,9H2,1-4H3/t18-,21-/m0/s1. The Bertz CT molecular complexity index is 1020. The number of halogens is 1. The Morgan fingerprint density at radius 3 is 2.13 bits per heavy atom. The van der Waals surface area contributed by atoms with Crippen LogP contribution in [-0.2, 0) is 9.53 Å². The van der Waals surface area contributed by atoms with Crippen molar-refractivity contribution in [2.45, 2.75) is 11.6 Å². The van der Waals surface area contributed by atoms with Crippen LogP contribution in [0.4, 0.5) is 4.39 Å². The van der Waals surface area contributed by atoms with Gasteiger partial charge in [-0.2, -0.15) is 0 Å². The van der Waals surface area contributed by atoms with E-state index in [0.29, 0.717) is 17.2 Å². The molecule has 9 heteroatoms. The third-order valence-corrected chi connectivity index (χ3v) is 5.35. The third kappa shape index (κ3) is 2.58. The molecule has 1 heterocycles. The number of ether oxygens (including phenoxy) is 6. The molecule has 0 radical (unpaired) electrons. The summed E-state index contributed by atoms with van der Waals surface area (Å²) >= 11 is 0. The SMILES string of the molecule is COC(=O)[C@@]1(F)C(=O)c2cc3c(cc2[C@H]1c1c(OC)cc(OC)cc1OC)OCO3. The van der Waals surface area contributed by atoms with Gasteiger partial charge in [-0.05, 0) is 17.7 Å². The van der Waals surface area contributed by atoms with Crippen molar-refractivity contribution < 1.29 is 42.4 Å². The van der Waals surface area contributed by atoms with E-state index in [1.54, 1.807) is 0 Å². The van der Waals surface area contributed by atoms with Crippen molar-refractivity contribution in [2.24, 2.45) is 0 Å². The molecule has 2 aromatic carbocycles. The quantitative estimate of drug-likeness (QED) is 0.541. The van der Waals surface area contributed by atoms with Crippen LogP contribution in [0.15, 0.2) is 24.3 Å². The van der Waals surface area contributed by atoms with Crippen molar-refractivity contribution in [3.05, 3.63) is 41.0 Å². The first-order chi connectivity index (χ1) is 14.4. The van der Waals surface area contributed by atoms with E-state index in [-0.39, 0.29) is 35.0 Å². The Morgan fingerprint density at radius 1 is 1.00 bits per heavy atom. The van der Waals surface area contributed by atoms with Crippen molar-refractivity contribution in [1.82, 2.24) is 0 Å². The molecule has 0 amide bonds. The lowest BCUT2D eigenvalue weighted by Crippen LogP contribution is -2.44. The second-order valence-electron chi connectivity index (χ2n) is 6.70. The molecule has 0 saturated carbocycles.